The lowest BCUT2D eigenvalue weighted by Crippen LogP contribution is -2.27. The number of benzene rings is 1. The molecule has 1 aromatic rings. The van der Waals surface area contributed by atoms with Gasteiger partial charge in [0, 0.05) is 13.2 Å². The van der Waals surface area contributed by atoms with E-state index in [4.69, 9.17) is 9.84 Å². The number of carbonyl (C=O) groups is 1. The van der Waals surface area contributed by atoms with Gasteiger partial charge >= 0.3 is 0 Å². The molecule has 2 N–H and O–H groups in total. The van der Waals surface area contributed by atoms with Crippen LogP contribution in [0.15, 0.2) is 12.1 Å². The zero-order valence-electron chi connectivity index (χ0n) is 10.0. The maximum atomic E-state index is 13.8. The number of carbonyl (C=O) groups excluding carboxylic acids is 1. The topological polar surface area (TPSA) is 58.6 Å². The average Bonchev–Trinajstić information content (AvgIpc) is 2.33. The van der Waals surface area contributed by atoms with E-state index in [1.807, 2.05) is 0 Å². The summed E-state index contributed by atoms with van der Waals surface area (Å²) in [6, 6.07) is 2.12. The van der Waals surface area contributed by atoms with Crippen molar-refractivity contribution in [2.75, 3.05) is 19.8 Å². The van der Waals surface area contributed by atoms with E-state index in [-0.39, 0.29) is 25.5 Å². The van der Waals surface area contributed by atoms with Crippen LogP contribution < -0.4 is 10.1 Å². The lowest BCUT2D eigenvalue weighted by atomic mass is 10.1. The fraction of sp³-hybridized carbons (Fsp3) is 0.417. The van der Waals surface area contributed by atoms with Gasteiger partial charge in [-0.25, -0.2) is 8.78 Å². The molecule has 0 aliphatic rings. The van der Waals surface area contributed by atoms with Crippen LogP contribution in [0.25, 0.3) is 0 Å². The quantitative estimate of drug-likeness (QED) is 0.761. The van der Waals surface area contributed by atoms with Crippen LogP contribution in [0.3, 0.4) is 0 Å². The molecule has 0 unspecified atom stereocenters. The maximum absolute atomic E-state index is 13.8. The second kappa shape index (κ2) is 6.90. The van der Waals surface area contributed by atoms with Gasteiger partial charge in [-0.15, -0.1) is 0 Å². The van der Waals surface area contributed by atoms with Crippen molar-refractivity contribution in [2.24, 2.45) is 0 Å². The summed E-state index contributed by atoms with van der Waals surface area (Å²) in [4.78, 5) is 11.6. The number of amides is 1. The van der Waals surface area contributed by atoms with Crippen molar-refractivity contribution in [1.82, 2.24) is 5.32 Å². The lowest BCUT2D eigenvalue weighted by Gasteiger charge is -2.10. The van der Waals surface area contributed by atoms with E-state index in [9.17, 15) is 13.6 Å². The Morgan fingerprint density at radius 2 is 2.17 bits per heavy atom. The first-order valence-electron chi connectivity index (χ1n) is 5.61. The summed E-state index contributed by atoms with van der Waals surface area (Å²) in [5.74, 6) is -2.98. The van der Waals surface area contributed by atoms with Crippen LogP contribution in [0.1, 0.15) is 23.7 Å². The molecular weight excluding hydrogens is 244 g/mol. The molecule has 1 rings (SSSR count). The molecule has 0 saturated heterocycles. The van der Waals surface area contributed by atoms with E-state index in [1.54, 1.807) is 6.92 Å². The molecule has 0 aliphatic heterocycles. The number of nitrogens with one attached hydrogen (secondary N) is 1. The third-order valence-corrected chi connectivity index (χ3v) is 2.20. The van der Waals surface area contributed by atoms with Crippen molar-refractivity contribution in [3.63, 3.8) is 0 Å². The molecule has 0 heterocycles. The largest absolute Gasteiger partial charge is 0.491 e. The van der Waals surface area contributed by atoms with Gasteiger partial charge in [0.05, 0.1) is 6.61 Å². The van der Waals surface area contributed by atoms with Crippen LogP contribution in [0.4, 0.5) is 8.78 Å². The minimum atomic E-state index is -1.02. The maximum Gasteiger partial charge on any atom is 0.257 e. The van der Waals surface area contributed by atoms with Gasteiger partial charge in [-0.2, -0.15) is 0 Å². The van der Waals surface area contributed by atoms with Crippen LogP contribution in [-0.2, 0) is 0 Å². The Morgan fingerprint density at radius 1 is 1.44 bits per heavy atom. The van der Waals surface area contributed by atoms with E-state index < -0.39 is 23.1 Å². The van der Waals surface area contributed by atoms with Crippen molar-refractivity contribution in [2.45, 2.75) is 13.3 Å². The second-order valence-corrected chi connectivity index (χ2v) is 3.50. The number of ether oxygens (including phenoxy) is 1. The highest BCUT2D eigenvalue weighted by molar-refractivity contribution is 5.95. The highest BCUT2D eigenvalue weighted by Gasteiger charge is 2.20. The Kier molecular flexibility index (Phi) is 5.51. The third-order valence-electron chi connectivity index (χ3n) is 2.20. The molecular formula is C12H15F2NO3. The number of rotatable bonds is 6. The van der Waals surface area contributed by atoms with Gasteiger partial charge in [-0.1, -0.05) is 0 Å². The monoisotopic (exact) mass is 259 g/mol. The zero-order chi connectivity index (χ0) is 13.5. The van der Waals surface area contributed by atoms with E-state index in [2.05, 4.69) is 5.32 Å². The van der Waals surface area contributed by atoms with Crippen LogP contribution in [-0.4, -0.2) is 30.8 Å². The Balaban J connectivity index is 2.92. The smallest absolute Gasteiger partial charge is 0.257 e. The molecule has 1 aromatic carbocycles. The van der Waals surface area contributed by atoms with Crippen molar-refractivity contribution in [3.05, 3.63) is 29.3 Å². The third kappa shape index (κ3) is 3.40. The molecule has 0 aliphatic carbocycles. The van der Waals surface area contributed by atoms with E-state index in [0.717, 1.165) is 12.1 Å². The summed E-state index contributed by atoms with van der Waals surface area (Å²) in [7, 11) is 0. The molecule has 0 bridgehead atoms. The molecule has 0 spiro atoms. The summed E-state index contributed by atoms with van der Waals surface area (Å²) in [5.41, 5.74) is -0.668. The minimum absolute atomic E-state index is 0.107. The average molecular weight is 259 g/mol. The van der Waals surface area contributed by atoms with Gasteiger partial charge in [0.1, 0.15) is 11.4 Å². The van der Waals surface area contributed by atoms with Crippen molar-refractivity contribution in [1.29, 1.82) is 0 Å². The lowest BCUT2D eigenvalue weighted by molar-refractivity contribution is 0.0941. The zero-order valence-corrected chi connectivity index (χ0v) is 10.0. The Bertz CT molecular complexity index is 424. The number of aliphatic hydroxyl groups excluding tert-OH is 1. The van der Waals surface area contributed by atoms with Crippen LogP contribution >= 0.6 is 0 Å². The predicted molar refractivity (Wildman–Crippen MR) is 61.6 cm³/mol. The summed E-state index contributed by atoms with van der Waals surface area (Å²) in [6.07, 6.45) is 0.320. The number of aliphatic hydroxyl groups is 1. The van der Waals surface area contributed by atoms with Crippen LogP contribution in [0.5, 0.6) is 5.75 Å². The molecule has 0 fully saturated rings. The first-order valence-corrected chi connectivity index (χ1v) is 5.61. The summed E-state index contributed by atoms with van der Waals surface area (Å²) in [6.45, 7) is 1.91. The Morgan fingerprint density at radius 3 is 2.78 bits per heavy atom. The van der Waals surface area contributed by atoms with E-state index in [0.29, 0.717) is 6.42 Å². The van der Waals surface area contributed by atoms with Gasteiger partial charge < -0.3 is 15.2 Å². The second-order valence-electron chi connectivity index (χ2n) is 3.50. The molecule has 18 heavy (non-hydrogen) atoms. The fourth-order valence-corrected chi connectivity index (χ4v) is 1.38. The molecule has 0 radical (unpaired) electrons. The molecule has 1 amide bonds. The highest BCUT2D eigenvalue weighted by Crippen LogP contribution is 2.23. The summed E-state index contributed by atoms with van der Waals surface area (Å²) in [5, 5.41) is 10.9. The summed E-state index contributed by atoms with van der Waals surface area (Å²) < 4.78 is 32.2. The fourth-order valence-electron chi connectivity index (χ4n) is 1.38. The SMILES string of the molecule is CCOc1ccc(F)c(C(=O)NCCCO)c1F. The molecule has 0 aromatic heterocycles. The van der Waals surface area contributed by atoms with Crippen LogP contribution in [0, 0.1) is 11.6 Å². The van der Waals surface area contributed by atoms with Crippen molar-refractivity contribution in [3.8, 4) is 5.75 Å². The van der Waals surface area contributed by atoms with Crippen molar-refractivity contribution >= 4 is 5.91 Å². The molecule has 6 heteroatoms. The molecule has 4 nitrogen and oxygen atoms in total. The van der Waals surface area contributed by atoms with Gasteiger partial charge in [0.25, 0.3) is 5.91 Å². The minimum Gasteiger partial charge on any atom is -0.491 e. The first kappa shape index (κ1) is 14.4. The molecule has 0 saturated carbocycles. The van der Waals surface area contributed by atoms with E-state index >= 15 is 0 Å². The number of halogens is 2. The first-order chi connectivity index (χ1) is 8.61. The summed E-state index contributed by atoms with van der Waals surface area (Å²) >= 11 is 0. The van der Waals surface area contributed by atoms with E-state index in [1.165, 1.54) is 0 Å². The highest BCUT2D eigenvalue weighted by atomic mass is 19.1. The standard InChI is InChI=1S/C12H15F2NO3/c1-2-18-9-5-4-8(13)10(11(9)14)12(17)15-6-3-7-16/h4-5,16H,2-3,6-7H2,1H3,(H,15,17). The van der Waals surface area contributed by atoms with Gasteiger partial charge in [-0.05, 0) is 25.5 Å². The number of hydrogen-bond donors (Lipinski definition) is 2. The number of hydrogen-bond acceptors (Lipinski definition) is 3. The molecule has 100 valence electrons. The van der Waals surface area contributed by atoms with Gasteiger partial charge in [0.2, 0.25) is 0 Å². The normalized spacial score (nSPS) is 10.2. The molecule has 0 atom stereocenters. The van der Waals surface area contributed by atoms with Crippen LogP contribution in [0.2, 0.25) is 0 Å². The van der Waals surface area contributed by atoms with Gasteiger partial charge in [0.15, 0.2) is 11.6 Å². The Labute approximate surface area is 104 Å². The van der Waals surface area contributed by atoms with Gasteiger partial charge in [-0.3, -0.25) is 4.79 Å². The Hall–Kier alpha value is -1.69. The van der Waals surface area contributed by atoms with Crippen molar-refractivity contribution < 1.29 is 23.4 Å². The predicted octanol–water partition coefficient (Wildman–Crippen LogP) is 1.48.